The summed E-state index contributed by atoms with van der Waals surface area (Å²) in [5.74, 6) is 0. The van der Waals surface area contributed by atoms with Gasteiger partial charge >= 0.3 is 12.2 Å². The van der Waals surface area contributed by atoms with E-state index < -0.39 is 17.8 Å². The summed E-state index contributed by atoms with van der Waals surface area (Å²) in [6.45, 7) is 8.92. The first kappa shape index (κ1) is 17.8. The molecule has 6 heteroatoms. The van der Waals surface area contributed by atoms with Crippen LogP contribution in [0.15, 0.2) is 30.3 Å². The molecule has 1 aromatic carbocycles. The zero-order valence-electron chi connectivity index (χ0n) is 13.8. The van der Waals surface area contributed by atoms with Gasteiger partial charge in [0.25, 0.3) is 0 Å². The minimum absolute atomic E-state index is 0.138. The Morgan fingerprint density at radius 1 is 1.18 bits per heavy atom. The fourth-order valence-corrected chi connectivity index (χ4v) is 1.57. The molecule has 6 nitrogen and oxygen atoms in total. The third kappa shape index (κ3) is 6.47. The molecule has 122 valence electrons. The summed E-state index contributed by atoms with van der Waals surface area (Å²) in [5, 5.41) is 1.11. The third-order valence-electron chi connectivity index (χ3n) is 2.53. The largest absolute Gasteiger partial charge is 0.443 e. The van der Waals surface area contributed by atoms with Crippen LogP contribution in [0.2, 0.25) is 0 Å². The van der Waals surface area contributed by atoms with Gasteiger partial charge in [0, 0.05) is 0 Å². The van der Waals surface area contributed by atoms with Gasteiger partial charge in [0.05, 0.1) is 6.04 Å². The van der Waals surface area contributed by atoms with E-state index in [1.165, 1.54) is 0 Å². The van der Waals surface area contributed by atoms with Gasteiger partial charge in [-0.05, 0) is 40.2 Å². The predicted octanol–water partition coefficient (Wildman–Crippen LogP) is 3.47. The van der Waals surface area contributed by atoms with Crippen molar-refractivity contribution in [3.8, 4) is 0 Å². The second-order valence-corrected chi connectivity index (χ2v) is 6.12. The molecule has 0 fully saturated rings. The maximum Gasteiger partial charge on any atom is 0.429 e. The molecular formula is C16H24N2O4. The van der Waals surface area contributed by atoms with E-state index in [2.05, 4.69) is 5.43 Å². The number of hydrazine groups is 1. The molecule has 0 atom stereocenters. The predicted molar refractivity (Wildman–Crippen MR) is 83.0 cm³/mol. The van der Waals surface area contributed by atoms with Crippen LogP contribution in [0.4, 0.5) is 9.59 Å². The topological polar surface area (TPSA) is 67.9 Å². The molecule has 0 radical (unpaired) electrons. The summed E-state index contributed by atoms with van der Waals surface area (Å²) in [7, 11) is 0. The van der Waals surface area contributed by atoms with Crippen LogP contribution in [0.5, 0.6) is 0 Å². The standard InChI is InChI=1S/C16H24N2O4/c1-12(2)18(17-14(19)22-16(3,4)5)15(20)21-11-13-9-7-6-8-10-13/h6-10,12H,11H2,1-5H3,(H,17,19). The van der Waals surface area contributed by atoms with Gasteiger partial charge in [-0.1, -0.05) is 30.3 Å². The third-order valence-corrected chi connectivity index (χ3v) is 2.53. The van der Waals surface area contributed by atoms with Crippen molar-refractivity contribution < 1.29 is 19.1 Å². The Labute approximate surface area is 131 Å². The molecule has 0 aliphatic rings. The monoisotopic (exact) mass is 308 g/mol. The summed E-state index contributed by atoms with van der Waals surface area (Å²) in [6, 6.07) is 9.05. The van der Waals surface area contributed by atoms with E-state index in [1.54, 1.807) is 34.6 Å². The molecule has 2 amide bonds. The lowest BCUT2D eigenvalue weighted by Crippen LogP contribution is -2.51. The SMILES string of the molecule is CC(C)N(NC(=O)OC(C)(C)C)C(=O)OCc1ccccc1. The summed E-state index contributed by atoms with van der Waals surface area (Å²) < 4.78 is 10.3. The number of rotatable bonds is 3. The Kier molecular flexibility index (Phi) is 6.22. The number of nitrogens with one attached hydrogen (secondary N) is 1. The Morgan fingerprint density at radius 2 is 1.77 bits per heavy atom. The molecule has 0 heterocycles. The normalized spacial score (nSPS) is 11.0. The number of carbonyl (C=O) groups is 2. The van der Waals surface area contributed by atoms with Gasteiger partial charge in [-0.3, -0.25) is 0 Å². The molecule has 1 aromatic rings. The average molecular weight is 308 g/mol. The highest BCUT2D eigenvalue weighted by molar-refractivity contribution is 5.74. The summed E-state index contributed by atoms with van der Waals surface area (Å²) in [4.78, 5) is 23.9. The molecule has 1 rings (SSSR count). The first-order valence-electron chi connectivity index (χ1n) is 7.18. The number of nitrogens with zero attached hydrogens (tertiary/aromatic N) is 1. The number of hydrogen-bond acceptors (Lipinski definition) is 4. The maximum absolute atomic E-state index is 12.1. The van der Waals surface area contributed by atoms with E-state index in [9.17, 15) is 9.59 Å². The molecule has 0 saturated carbocycles. The van der Waals surface area contributed by atoms with E-state index >= 15 is 0 Å². The Hall–Kier alpha value is -2.24. The minimum atomic E-state index is -0.696. The molecule has 0 bridgehead atoms. The van der Waals surface area contributed by atoms with Gasteiger partial charge in [0.2, 0.25) is 0 Å². The van der Waals surface area contributed by atoms with Gasteiger partial charge in [0.1, 0.15) is 12.2 Å². The van der Waals surface area contributed by atoms with Crippen molar-refractivity contribution in [3.63, 3.8) is 0 Å². The number of amides is 2. The van der Waals surface area contributed by atoms with Crippen LogP contribution in [-0.4, -0.2) is 28.8 Å². The first-order valence-corrected chi connectivity index (χ1v) is 7.18. The lowest BCUT2D eigenvalue weighted by atomic mass is 10.2. The van der Waals surface area contributed by atoms with Crippen LogP contribution in [0, 0.1) is 0 Å². The van der Waals surface area contributed by atoms with Crippen LogP contribution in [0.25, 0.3) is 0 Å². The van der Waals surface area contributed by atoms with Gasteiger partial charge < -0.3 is 9.47 Å². The Bertz CT molecular complexity index is 495. The summed E-state index contributed by atoms with van der Waals surface area (Å²) in [6.07, 6.45) is -1.33. The lowest BCUT2D eigenvalue weighted by Gasteiger charge is -2.28. The second kappa shape index (κ2) is 7.68. The minimum Gasteiger partial charge on any atom is -0.443 e. The van der Waals surface area contributed by atoms with Crippen molar-refractivity contribution in [1.29, 1.82) is 0 Å². The van der Waals surface area contributed by atoms with Gasteiger partial charge in [0.15, 0.2) is 0 Å². The fourth-order valence-electron chi connectivity index (χ4n) is 1.57. The second-order valence-electron chi connectivity index (χ2n) is 6.12. The van der Waals surface area contributed by atoms with E-state index in [0.717, 1.165) is 10.6 Å². The van der Waals surface area contributed by atoms with Crippen LogP contribution >= 0.6 is 0 Å². The molecule has 0 aliphatic heterocycles. The van der Waals surface area contributed by atoms with Crippen LogP contribution in [0.1, 0.15) is 40.2 Å². The van der Waals surface area contributed by atoms with Crippen LogP contribution < -0.4 is 5.43 Å². The fraction of sp³-hybridized carbons (Fsp3) is 0.500. The zero-order chi connectivity index (χ0) is 16.8. The molecule has 0 spiro atoms. The lowest BCUT2D eigenvalue weighted by molar-refractivity contribution is 0.0204. The van der Waals surface area contributed by atoms with E-state index in [-0.39, 0.29) is 12.6 Å². The van der Waals surface area contributed by atoms with Gasteiger partial charge in [-0.25, -0.2) is 20.0 Å². The van der Waals surface area contributed by atoms with Crippen LogP contribution in [0.3, 0.4) is 0 Å². The Balaban J connectivity index is 2.58. The summed E-state index contributed by atoms with van der Waals surface area (Å²) >= 11 is 0. The molecule has 0 saturated heterocycles. The highest BCUT2D eigenvalue weighted by Gasteiger charge is 2.24. The van der Waals surface area contributed by atoms with Crippen molar-refractivity contribution in [2.24, 2.45) is 0 Å². The van der Waals surface area contributed by atoms with E-state index in [4.69, 9.17) is 9.47 Å². The highest BCUT2D eigenvalue weighted by atomic mass is 16.6. The van der Waals surface area contributed by atoms with Crippen molar-refractivity contribution in [3.05, 3.63) is 35.9 Å². The summed E-state index contributed by atoms with van der Waals surface area (Å²) in [5.41, 5.74) is 2.64. The van der Waals surface area contributed by atoms with Crippen LogP contribution in [-0.2, 0) is 16.1 Å². The van der Waals surface area contributed by atoms with Crippen molar-refractivity contribution in [2.75, 3.05) is 0 Å². The number of ether oxygens (including phenoxy) is 2. The van der Waals surface area contributed by atoms with Gasteiger partial charge in [-0.15, -0.1) is 0 Å². The molecular weight excluding hydrogens is 284 g/mol. The zero-order valence-corrected chi connectivity index (χ0v) is 13.8. The molecule has 22 heavy (non-hydrogen) atoms. The smallest absolute Gasteiger partial charge is 0.429 e. The maximum atomic E-state index is 12.1. The number of hydrogen-bond donors (Lipinski definition) is 1. The Morgan fingerprint density at radius 3 is 2.27 bits per heavy atom. The van der Waals surface area contributed by atoms with E-state index in [0.29, 0.717) is 0 Å². The number of carbonyl (C=O) groups excluding carboxylic acids is 2. The van der Waals surface area contributed by atoms with Gasteiger partial charge in [-0.2, -0.15) is 0 Å². The molecule has 0 unspecified atom stereocenters. The highest BCUT2D eigenvalue weighted by Crippen LogP contribution is 2.08. The number of benzene rings is 1. The van der Waals surface area contributed by atoms with Crippen molar-refractivity contribution in [1.82, 2.24) is 10.4 Å². The average Bonchev–Trinajstić information content (AvgIpc) is 2.41. The van der Waals surface area contributed by atoms with Crippen molar-refractivity contribution in [2.45, 2.75) is 52.9 Å². The van der Waals surface area contributed by atoms with E-state index in [1.807, 2.05) is 30.3 Å². The first-order chi connectivity index (χ1) is 10.2. The molecule has 0 aromatic heterocycles. The molecule has 0 aliphatic carbocycles. The quantitative estimate of drug-likeness (QED) is 0.868. The molecule has 1 N–H and O–H groups in total. The van der Waals surface area contributed by atoms with Crippen molar-refractivity contribution >= 4 is 12.2 Å².